The molecule has 148 valence electrons. The van der Waals surface area contributed by atoms with Crippen molar-refractivity contribution in [3.63, 3.8) is 0 Å². The van der Waals surface area contributed by atoms with Gasteiger partial charge in [-0.05, 0) is 30.3 Å². The molecule has 0 aliphatic rings. The first kappa shape index (κ1) is 20.2. The summed E-state index contributed by atoms with van der Waals surface area (Å²) in [5.41, 5.74) is -0.333. The van der Waals surface area contributed by atoms with E-state index in [4.69, 9.17) is 4.74 Å². The first-order valence-electron chi connectivity index (χ1n) is 8.30. The zero-order chi connectivity index (χ0) is 21.0. The number of rotatable bonds is 6. The highest BCUT2D eigenvalue weighted by Crippen LogP contribution is 2.26. The summed E-state index contributed by atoms with van der Waals surface area (Å²) in [5, 5.41) is 10.8. The lowest BCUT2D eigenvalue weighted by molar-refractivity contribution is -0.384. The predicted octanol–water partition coefficient (Wildman–Crippen LogP) is 3.92. The molecule has 7 nitrogen and oxygen atoms in total. The molecule has 0 unspecified atom stereocenters. The maximum Gasteiger partial charge on any atom is 0.339 e. The van der Waals surface area contributed by atoms with Crippen molar-refractivity contribution in [1.82, 2.24) is 0 Å². The summed E-state index contributed by atoms with van der Waals surface area (Å²) in [5.74, 6) is -1.48. The van der Waals surface area contributed by atoms with Gasteiger partial charge in [0.25, 0.3) is 5.69 Å². The average molecular weight is 415 g/mol. The number of ether oxygens (including phenoxy) is 1. The lowest BCUT2D eigenvalue weighted by atomic mass is 10.2. The van der Waals surface area contributed by atoms with Gasteiger partial charge in [-0.25, -0.2) is 17.6 Å². The van der Waals surface area contributed by atoms with Crippen molar-refractivity contribution in [2.24, 2.45) is 0 Å². The number of hydrogen-bond acceptors (Lipinski definition) is 6. The maximum atomic E-state index is 13.7. The van der Waals surface area contributed by atoms with Crippen LogP contribution in [-0.2, 0) is 21.2 Å². The molecule has 0 aliphatic heterocycles. The highest BCUT2D eigenvalue weighted by Gasteiger charge is 2.25. The van der Waals surface area contributed by atoms with Crippen LogP contribution < -0.4 is 0 Å². The van der Waals surface area contributed by atoms with Gasteiger partial charge in [0.15, 0.2) is 0 Å². The molecule has 0 aromatic heterocycles. The minimum Gasteiger partial charge on any atom is -0.457 e. The first-order chi connectivity index (χ1) is 13.8. The minimum atomic E-state index is -4.15. The second-order valence-corrected chi connectivity index (χ2v) is 7.84. The Morgan fingerprint density at radius 1 is 0.966 bits per heavy atom. The number of carbonyl (C=O) groups is 1. The van der Waals surface area contributed by atoms with E-state index in [1.54, 1.807) is 6.07 Å². The van der Waals surface area contributed by atoms with Gasteiger partial charge in [0.1, 0.15) is 12.4 Å². The second kappa shape index (κ2) is 8.19. The minimum absolute atomic E-state index is 0.150. The third-order valence-electron chi connectivity index (χ3n) is 4.07. The third kappa shape index (κ3) is 4.30. The Hall–Kier alpha value is -3.59. The van der Waals surface area contributed by atoms with E-state index < -0.39 is 26.5 Å². The average Bonchev–Trinajstić information content (AvgIpc) is 2.73. The largest absolute Gasteiger partial charge is 0.457 e. The van der Waals surface area contributed by atoms with Crippen molar-refractivity contribution in [2.75, 3.05) is 0 Å². The third-order valence-corrected chi connectivity index (χ3v) is 5.90. The fourth-order valence-corrected chi connectivity index (χ4v) is 4.03. The van der Waals surface area contributed by atoms with Crippen molar-refractivity contribution < 1.29 is 27.3 Å². The van der Waals surface area contributed by atoms with Crippen LogP contribution in [0.1, 0.15) is 15.9 Å². The molecular weight excluding hydrogens is 401 g/mol. The van der Waals surface area contributed by atoms with Gasteiger partial charge in [0, 0.05) is 17.7 Å². The molecule has 0 heterocycles. The van der Waals surface area contributed by atoms with Crippen molar-refractivity contribution in [3.8, 4) is 0 Å². The molecule has 0 atom stereocenters. The van der Waals surface area contributed by atoms with Gasteiger partial charge in [-0.2, -0.15) is 0 Å². The quantitative estimate of drug-likeness (QED) is 0.343. The van der Waals surface area contributed by atoms with E-state index in [0.717, 1.165) is 24.3 Å². The van der Waals surface area contributed by atoms with Gasteiger partial charge < -0.3 is 4.74 Å². The van der Waals surface area contributed by atoms with E-state index in [-0.39, 0.29) is 33.2 Å². The molecule has 0 amide bonds. The van der Waals surface area contributed by atoms with Crippen molar-refractivity contribution >= 4 is 21.5 Å². The highest BCUT2D eigenvalue weighted by atomic mass is 32.2. The molecule has 3 rings (SSSR count). The summed E-state index contributed by atoms with van der Waals surface area (Å²) in [7, 11) is -4.15. The number of sulfone groups is 1. The molecule has 3 aromatic rings. The molecule has 0 N–H and O–H groups in total. The molecule has 0 bridgehead atoms. The molecule has 0 spiro atoms. The van der Waals surface area contributed by atoms with E-state index in [2.05, 4.69) is 0 Å². The summed E-state index contributed by atoms with van der Waals surface area (Å²) in [6, 6.07) is 15.5. The van der Waals surface area contributed by atoms with E-state index in [0.29, 0.717) is 0 Å². The summed E-state index contributed by atoms with van der Waals surface area (Å²) in [4.78, 5) is 22.1. The van der Waals surface area contributed by atoms with Gasteiger partial charge in [-0.3, -0.25) is 10.1 Å². The fraction of sp³-hybridized carbons (Fsp3) is 0.0500. The van der Waals surface area contributed by atoms with E-state index in [1.165, 1.54) is 42.5 Å². The summed E-state index contributed by atoms with van der Waals surface area (Å²) in [6.07, 6.45) is 0. The molecule has 0 aliphatic carbocycles. The monoisotopic (exact) mass is 415 g/mol. The molecular formula is C20H14FNO6S. The topological polar surface area (TPSA) is 104 Å². The van der Waals surface area contributed by atoms with Crippen LogP contribution in [0.4, 0.5) is 10.1 Å². The normalized spacial score (nSPS) is 11.1. The van der Waals surface area contributed by atoms with Crippen LogP contribution in [0.15, 0.2) is 82.6 Å². The lowest BCUT2D eigenvalue weighted by Crippen LogP contribution is -2.13. The van der Waals surface area contributed by atoms with E-state index >= 15 is 0 Å². The van der Waals surface area contributed by atoms with Gasteiger partial charge in [0.2, 0.25) is 9.84 Å². The number of non-ortho nitro benzene ring substituents is 1. The molecule has 0 radical (unpaired) electrons. The Balaban J connectivity index is 1.90. The molecule has 29 heavy (non-hydrogen) atoms. The van der Waals surface area contributed by atoms with Crippen LogP contribution in [0.3, 0.4) is 0 Å². The number of carbonyl (C=O) groups excluding carboxylic acids is 1. The molecule has 0 saturated heterocycles. The first-order valence-corrected chi connectivity index (χ1v) is 9.78. The molecule has 9 heteroatoms. The van der Waals surface area contributed by atoms with Crippen LogP contribution in [0.5, 0.6) is 0 Å². The fourth-order valence-electron chi connectivity index (χ4n) is 2.58. The standard InChI is InChI=1S/C20H14FNO6S/c21-18-7-3-1-5-14(18)13-28-20(23)17-6-2-4-8-19(17)29(26,27)16-11-9-15(10-12-16)22(24)25/h1-12H,13H2. The number of benzene rings is 3. The Kier molecular flexibility index (Phi) is 5.69. The Bertz CT molecular complexity index is 1180. The SMILES string of the molecule is O=C(OCc1ccccc1F)c1ccccc1S(=O)(=O)c1ccc([N+](=O)[O-])cc1. The van der Waals surface area contributed by atoms with E-state index in [1.807, 2.05) is 0 Å². The summed E-state index contributed by atoms with van der Waals surface area (Å²) < 4.78 is 44.6. The molecule has 0 saturated carbocycles. The lowest BCUT2D eigenvalue weighted by Gasteiger charge is -2.11. The van der Waals surface area contributed by atoms with Crippen LogP contribution in [0.2, 0.25) is 0 Å². The predicted molar refractivity (Wildman–Crippen MR) is 101 cm³/mol. The number of halogens is 1. The van der Waals surface area contributed by atoms with Gasteiger partial charge in [0.05, 0.1) is 20.3 Å². The molecule has 3 aromatic carbocycles. The van der Waals surface area contributed by atoms with Crippen LogP contribution in [-0.4, -0.2) is 19.3 Å². The smallest absolute Gasteiger partial charge is 0.339 e. The Morgan fingerprint density at radius 3 is 2.24 bits per heavy atom. The number of esters is 1. The summed E-state index contributed by atoms with van der Waals surface area (Å²) >= 11 is 0. The van der Waals surface area contributed by atoms with Crippen LogP contribution in [0.25, 0.3) is 0 Å². The maximum absolute atomic E-state index is 13.7. The zero-order valence-electron chi connectivity index (χ0n) is 14.8. The van der Waals surface area contributed by atoms with Crippen LogP contribution in [0, 0.1) is 15.9 Å². The number of nitrogens with zero attached hydrogens (tertiary/aromatic N) is 1. The van der Waals surface area contributed by atoms with Gasteiger partial charge in [-0.1, -0.05) is 30.3 Å². The van der Waals surface area contributed by atoms with Gasteiger partial charge in [-0.15, -0.1) is 0 Å². The second-order valence-electron chi connectivity index (χ2n) is 5.92. The summed E-state index contributed by atoms with van der Waals surface area (Å²) in [6.45, 7) is -0.364. The van der Waals surface area contributed by atoms with Crippen LogP contribution >= 0.6 is 0 Å². The molecule has 0 fully saturated rings. The Morgan fingerprint density at radius 2 is 1.59 bits per heavy atom. The van der Waals surface area contributed by atoms with Gasteiger partial charge >= 0.3 is 5.97 Å². The number of hydrogen-bond donors (Lipinski definition) is 0. The highest BCUT2D eigenvalue weighted by molar-refractivity contribution is 7.91. The van der Waals surface area contributed by atoms with Crippen molar-refractivity contribution in [3.05, 3.63) is 99.9 Å². The van der Waals surface area contributed by atoms with E-state index in [9.17, 15) is 27.7 Å². The number of nitro groups is 1. The van der Waals surface area contributed by atoms with Crippen molar-refractivity contribution in [1.29, 1.82) is 0 Å². The zero-order valence-corrected chi connectivity index (χ0v) is 15.6. The Labute approximate surface area is 165 Å². The van der Waals surface area contributed by atoms with Crippen molar-refractivity contribution in [2.45, 2.75) is 16.4 Å². The number of nitro benzene ring substituents is 1.